The second-order valence-electron chi connectivity index (χ2n) is 31.7. The Morgan fingerprint density at radius 3 is 0.870 bits per heavy atom. The molecule has 39 N–H and O–H groups in total. The number of carboxylic acid groups (broad SMARTS) is 4. The highest BCUT2D eigenvalue weighted by Gasteiger charge is 2.38. The van der Waals surface area contributed by atoms with Gasteiger partial charge in [-0.1, -0.05) is 12.1 Å². The molecule has 0 aromatic heterocycles. The summed E-state index contributed by atoms with van der Waals surface area (Å²) in [7, 11) is 0. The zero-order chi connectivity index (χ0) is 105. The quantitative estimate of drug-likeness (QED) is 0.0125. The van der Waals surface area contributed by atoms with Crippen molar-refractivity contribution in [3.63, 3.8) is 0 Å². The van der Waals surface area contributed by atoms with Crippen molar-refractivity contribution in [1.82, 2.24) is 112 Å². The van der Waals surface area contributed by atoms with Crippen LogP contribution < -0.4 is 140 Å². The minimum absolute atomic E-state index is 0.0363. The van der Waals surface area contributed by atoms with Gasteiger partial charge in [-0.25, -0.2) is 0 Å². The molecule has 0 radical (unpaired) electrons. The summed E-state index contributed by atoms with van der Waals surface area (Å²) >= 11 is 4.16. The smallest absolute Gasteiger partial charge is 0.303 e. The number of hydrogen-bond donors (Lipinski definition) is 35. The first-order chi connectivity index (χ1) is 64.7. The Balaban J connectivity index is 3.37. The number of hydrogen-bond acceptors (Lipinski definition) is 29. The van der Waals surface area contributed by atoms with Crippen LogP contribution in [0.3, 0.4) is 0 Å². The Kier molecular flexibility index (Phi) is 56.1. The standard InChI is InChI=1S/C80H131N29O28S/c1-37(63(123)94-39(3)65(125)103-48(14-10-30-89-78(83)84)73(133)102-46(62(82)122)21-25-58(114)115)96-70(130)47(13-8-9-29-81)106-76(136)53(24-28-61(120)121)108-75(135)50(16-12-32-91-80(87)88)105-67(127)41(5)99-77(137)55(36-138)109-68(128)42(6)98-72(132)52(23-27-60(118)119)107-74(134)49(15-11-31-90-79(85)86)104-66(126)40(4)95-64(124)38(2)97-71(131)51(22-26-59(116)117)101-57(113)35-92-56(112)34-93-69(129)54(100-43(7)110)33-44-17-19-45(111)20-18-44/h17-20,37-42,46-55,111,138H,8-16,21-36,81H2,1-7H3,(H2,82,122)(H,92,112)(H,93,129)(H,94,123)(H,95,124)(H,96,130)(H,97,131)(H,98,132)(H,99,137)(H,100,110)(H,101,113)(H,102,133)(H,103,125)(H,104,126)(H,105,127)(H,106,136)(H,107,134)(H,108,135)(H,109,128)(H,114,115)(H,116,117)(H,118,119)(H,120,121)(H4,83,84,89)(H4,85,86,90)(H4,87,88,91)/t37-,38-,39-,40-,41-,42-,46-,47-,48-,49-,50-,51-,52-,53-,54-,55-/m0/s1. The van der Waals surface area contributed by atoms with Crippen LogP contribution in [0, 0.1) is 16.2 Å². The number of amides is 19. The number of phenolic OH excluding ortho intramolecular Hbond substituents is 1. The average molecular weight is 1980 g/mol. The molecule has 16 atom stereocenters. The zero-order valence-corrected chi connectivity index (χ0v) is 78.1. The monoisotopic (exact) mass is 1980 g/mol. The maximum absolute atomic E-state index is 14.3. The molecule has 1 aromatic rings. The molecule has 1 aromatic carbocycles. The fourth-order valence-electron chi connectivity index (χ4n) is 12.2. The highest BCUT2D eigenvalue weighted by atomic mass is 32.1. The fourth-order valence-corrected chi connectivity index (χ4v) is 12.5. The van der Waals surface area contributed by atoms with E-state index in [0.717, 1.165) is 34.6 Å². The van der Waals surface area contributed by atoms with Crippen molar-refractivity contribution in [2.24, 2.45) is 28.7 Å². The largest absolute Gasteiger partial charge is 0.508 e. The fraction of sp³-hybridized carbons (Fsp3) is 0.600. The number of aliphatic carboxylic acids is 4. The number of carbonyl (C=O) groups is 23. The number of nitrogens with two attached hydrogens (primary N) is 5. The summed E-state index contributed by atoms with van der Waals surface area (Å²) in [6, 6.07) is -19.5. The third kappa shape index (κ3) is 50.9. The lowest BCUT2D eigenvalue weighted by molar-refractivity contribution is -0.139. The van der Waals surface area contributed by atoms with Crippen molar-refractivity contribution in [1.29, 1.82) is 16.2 Å². The molecule has 0 heterocycles. The highest BCUT2D eigenvalue weighted by molar-refractivity contribution is 7.80. The lowest BCUT2D eigenvalue weighted by Gasteiger charge is -2.27. The third-order valence-corrected chi connectivity index (χ3v) is 20.2. The molecular formula is C80H131N29O28S. The topological polar surface area (TPSA) is 948 Å². The van der Waals surface area contributed by atoms with Gasteiger partial charge >= 0.3 is 23.9 Å². The number of aromatic hydroxyl groups is 1. The Morgan fingerprint density at radius 1 is 0.304 bits per heavy atom. The number of primary amides is 1. The van der Waals surface area contributed by atoms with E-state index in [1.165, 1.54) is 38.1 Å². The molecule has 138 heavy (non-hydrogen) atoms. The molecule has 1 rings (SSSR count). The van der Waals surface area contributed by atoms with Crippen LogP contribution in [0.1, 0.15) is 163 Å². The molecule has 58 heteroatoms. The van der Waals surface area contributed by atoms with E-state index in [4.69, 9.17) is 50.0 Å². The molecular weight excluding hydrogens is 1850 g/mol. The molecule has 770 valence electrons. The first-order valence-electron chi connectivity index (χ1n) is 43.5. The number of guanidine groups is 3. The number of unbranched alkanes of at least 4 members (excludes halogenated alkanes) is 1. The Hall–Kier alpha value is -15.0. The van der Waals surface area contributed by atoms with Crippen molar-refractivity contribution in [3.05, 3.63) is 29.8 Å². The molecule has 0 fully saturated rings. The Labute approximate surface area is 797 Å². The van der Waals surface area contributed by atoms with Gasteiger partial charge in [0.25, 0.3) is 0 Å². The molecule has 0 bridgehead atoms. The predicted molar refractivity (Wildman–Crippen MR) is 489 cm³/mol. The lowest BCUT2D eigenvalue weighted by Crippen LogP contribution is -2.60. The number of benzene rings is 1. The second kappa shape index (κ2) is 64.0. The first-order valence-corrected chi connectivity index (χ1v) is 44.2. The van der Waals surface area contributed by atoms with E-state index in [2.05, 4.69) is 124 Å². The van der Waals surface area contributed by atoms with E-state index in [0.29, 0.717) is 5.56 Å². The van der Waals surface area contributed by atoms with Gasteiger partial charge in [-0.2, -0.15) is 12.6 Å². The minimum atomic E-state index is -1.82. The molecule has 0 unspecified atom stereocenters. The highest BCUT2D eigenvalue weighted by Crippen LogP contribution is 2.15. The molecule has 0 aliphatic carbocycles. The molecule has 0 spiro atoms. The Bertz CT molecular complexity index is 4460. The third-order valence-electron chi connectivity index (χ3n) is 19.9. The summed E-state index contributed by atoms with van der Waals surface area (Å²) in [5.74, 6) is -27.2. The van der Waals surface area contributed by atoms with Gasteiger partial charge in [0.05, 0.1) is 13.1 Å². The summed E-state index contributed by atoms with van der Waals surface area (Å²) < 4.78 is 0. The maximum Gasteiger partial charge on any atom is 0.303 e. The van der Waals surface area contributed by atoms with Gasteiger partial charge in [0.15, 0.2) is 17.9 Å². The van der Waals surface area contributed by atoms with Crippen LogP contribution in [-0.2, 0) is 117 Å². The second-order valence-corrected chi connectivity index (χ2v) is 32.0. The van der Waals surface area contributed by atoms with E-state index in [-0.39, 0.29) is 96.1 Å². The van der Waals surface area contributed by atoms with E-state index in [1.807, 2.05) is 0 Å². The summed E-state index contributed by atoms with van der Waals surface area (Å²) in [6.07, 6.45) is -5.70. The number of carboxylic acids is 4. The van der Waals surface area contributed by atoms with Crippen LogP contribution >= 0.6 is 12.6 Å². The number of rotatable bonds is 67. The van der Waals surface area contributed by atoms with Crippen LogP contribution in [0.4, 0.5) is 0 Å². The van der Waals surface area contributed by atoms with Crippen LogP contribution in [0.25, 0.3) is 0 Å². The summed E-state index contributed by atoms with van der Waals surface area (Å²) in [4.78, 5) is 303. The van der Waals surface area contributed by atoms with Crippen molar-refractivity contribution in [2.45, 2.75) is 261 Å². The van der Waals surface area contributed by atoms with Gasteiger partial charge in [0.2, 0.25) is 112 Å². The normalized spacial score (nSPS) is 14.2. The van der Waals surface area contributed by atoms with Gasteiger partial charge in [0.1, 0.15) is 102 Å². The minimum Gasteiger partial charge on any atom is -0.508 e. The summed E-state index contributed by atoms with van der Waals surface area (Å²) in [5.41, 5.74) is 27.8. The van der Waals surface area contributed by atoms with Gasteiger partial charge < -0.3 is 166 Å². The maximum atomic E-state index is 14.3. The molecule has 0 aliphatic rings. The number of carbonyl (C=O) groups excluding carboxylic acids is 19. The van der Waals surface area contributed by atoms with Gasteiger partial charge in [-0.3, -0.25) is 127 Å². The molecule has 19 amide bonds. The van der Waals surface area contributed by atoms with Crippen molar-refractivity contribution in [3.8, 4) is 5.75 Å². The van der Waals surface area contributed by atoms with E-state index in [1.54, 1.807) is 0 Å². The molecule has 0 aliphatic heterocycles. The van der Waals surface area contributed by atoms with Gasteiger partial charge in [-0.05, 0) is 149 Å². The number of phenols is 1. The summed E-state index contributed by atoms with van der Waals surface area (Å²) in [6.45, 7) is 6.51. The Morgan fingerprint density at radius 2 is 0.565 bits per heavy atom. The summed E-state index contributed by atoms with van der Waals surface area (Å²) in [5, 5.41) is 120. The van der Waals surface area contributed by atoms with Gasteiger partial charge in [-0.15, -0.1) is 0 Å². The van der Waals surface area contributed by atoms with Crippen molar-refractivity contribution >= 4 is 167 Å². The SMILES string of the molecule is CC(=O)N[C@@H](Cc1ccc(O)cc1)C(=O)NCC(=O)NCC(=O)N[C@@H](CCC(=O)O)C(=O)N[C@@H](C)C(=O)N[C@@H](C)C(=O)N[C@@H](CCCNC(=N)N)C(=O)N[C@@H](CCC(=O)O)C(=O)N[C@@H](C)C(=O)N[C@@H](CS)C(=O)N[C@@H](C)C(=O)N[C@@H](CCCNC(=N)N)C(=O)N[C@@H](CCC(=O)O)C(=O)N[C@@H](CCCCN)C(=O)N[C@@H](C)C(=O)N[C@@H](C)C(=O)N[C@@H](CCCNC(=N)N)C(=O)N[C@@H](CCC(=O)O)C(N)=O. The lowest BCUT2D eigenvalue weighted by atomic mass is 10.0. The molecule has 0 saturated carbocycles. The van der Waals surface area contributed by atoms with Crippen molar-refractivity contribution < 1.29 is 136 Å². The van der Waals surface area contributed by atoms with Crippen LogP contribution in [0.2, 0.25) is 0 Å². The predicted octanol–water partition coefficient (Wildman–Crippen LogP) is -12.1. The molecule has 57 nitrogen and oxygen atoms in total. The van der Waals surface area contributed by atoms with Crippen LogP contribution in [0.5, 0.6) is 5.75 Å². The van der Waals surface area contributed by atoms with E-state index in [9.17, 15) is 131 Å². The van der Waals surface area contributed by atoms with Crippen LogP contribution in [0.15, 0.2) is 24.3 Å². The van der Waals surface area contributed by atoms with E-state index < -0.39 is 321 Å². The molecule has 0 saturated heterocycles. The number of nitrogens with one attached hydrogen (secondary N) is 24. The zero-order valence-electron chi connectivity index (χ0n) is 77.2. The average Bonchev–Trinajstić information content (AvgIpc) is 0.866. The van der Waals surface area contributed by atoms with Crippen molar-refractivity contribution in [2.75, 3.05) is 45.0 Å². The van der Waals surface area contributed by atoms with Crippen LogP contribution in [-0.4, -0.2) is 321 Å². The first kappa shape index (κ1) is 121. The number of thiol groups is 1. The van der Waals surface area contributed by atoms with E-state index >= 15 is 0 Å². The van der Waals surface area contributed by atoms with Gasteiger partial charge in [0, 0.05) is 64.4 Å².